The molecule has 1 aromatic rings. The number of aliphatic hydroxyl groups is 3. The van der Waals surface area contributed by atoms with Gasteiger partial charge in [-0.25, -0.2) is 0 Å². The van der Waals surface area contributed by atoms with E-state index in [-0.39, 0.29) is 19.8 Å². The van der Waals surface area contributed by atoms with Crippen molar-refractivity contribution in [3.05, 3.63) is 29.3 Å². The number of rotatable bonds is 12. The lowest BCUT2D eigenvalue weighted by molar-refractivity contribution is 0.00361. The summed E-state index contributed by atoms with van der Waals surface area (Å²) in [6, 6.07) is 5.94. The molecule has 0 radical (unpaired) electrons. The number of hydrogen-bond acceptors (Lipinski definition) is 6. The van der Waals surface area contributed by atoms with Gasteiger partial charge in [-0.3, -0.25) is 4.90 Å². The van der Waals surface area contributed by atoms with Gasteiger partial charge in [0.15, 0.2) is 0 Å². The van der Waals surface area contributed by atoms with E-state index in [1.807, 2.05) is 25.1 Å². The molecule has 1 aromatic carbocycles. The lowest BCUT2D eigenvalue weighted by Crippen LogP contribution is -2.38. The van der Waals surface area contributed by atoms with Crippen LogP contribution in [-0.4, -0.2) is 79.0 Å². The number of aliphatic hydroxyl groups excluding tert-OH is 3. The predicted molar refractivity (Wildman–Crippen MR) is 88.8 cm³/mol. The van der Waals surface area contributed by atoms with Crippen molar-refractivity contribution in [3.63, 3.8) is 0 Å². The van der Waals surface area contributed by atoms with Crippen LogP contribution in [0, 0.1) is 13.8 Å². The first-order valence-electron chi connectivity index (χ1n) is 7.96. The Bertz CT molecular complexity index is 435. The topological polar surface area (TPSA) is 82.4 Å². The highest BCUT2D eigenvalue weighted by molar-refractivity contribution is 5.33. The van der Waals surface area contributed by atoms with Crippen molar-refractivity contribution in [1.82, 2.24) is 4.90 Å². The second-order valence-electron chi connectivity index (χ2n) is 5.57. The molecule has 23 heavy (non-hydrogen) atoms. The summed E-state index contributed by atoms with van der Waals surface area (Å²) in [5.41, 5.74) is 2.42. The molecule has 0 aliphatic rings. The number of hydrogen-bond donors (Lipinski definition) is 3. The van der Waals surface area contributed by atoms with Gasteiger partial charge in [-0.1, -0.05) is 6.07 Å². The second-order valence-corrected chi connectivity index (χ2v) is 5.57. The summed E-state index contributed by atoms with van der Waals surface area (Å²) in [7, 11) is 0. The zero-order chi connectivity index (χ0) is 17.1. The highest BCUT2D eigenvalue weighted by Crippen LogP contribution is 2.16. The number of aryl methyl sites for hydroxylation is 2. The van der Waals surface area contributed by atoms with Gasteiger partial charge in [0.2, 0.25) is 0 Å². The minimum atomic E-state index is -0.658. The van der Waals surface area contributed by atoms with E-state index < -0.39 is 6.10 Å². The highest BCUT2D eigenvalue weighted by atomic mass is 16.5. The summed E-state index contributed by atoms with van der Waals surface area (Å²) >= 11 is 0. The van der Waals surface area contributed by atoms with Gasteiger partial charge < -0.3 is 24.8 Å². The lowest BCUT2D eigenvalue weighted by atomic mass is 10.1. The Morgan fingerprint density at radius 2 is 1.74 bits per heavy atom. The second kappa shape index (κ2) is 11.4. The van der Waals surface area contributed by atoms with Gasteiger partial charge in [-0.2, -0.15) is 0 Å². The average Bonchev–Trinajstić information content (AvgIpc) is 2.51. The van der Waals surface area contributed by atoms with Crippen molar-refractivity contribution in [2.24, 2.45) is 0 Å². The van der Waals surface area contributed by atoms with Gasteiger partial charge >= 0.3 is 0 Å². The Kier molecular flexibility index (Phi) is 9.82. The molecule has 0 spiro atoms. The number of ether oxygens (including phenoxy) is 2. The van der Waals surface area contributed by atoms with E-state index in [1.54, 1.807) is 4.90 Å². The van der Waals surface area contributed by atoms with Crippen molar-refractivity contribution < 1.29 is 24.8 Å². The van der Waals surface area contributed by atoms with Gasteiger partial charge in [-0.05, 0) is 37.1 Å². The minimum absolute atomic E-state index is 0.00260. The normalized spacial score (nSPS) is 12.6. The smallest absolute Gasteiger partial charge is 0.119 e. The molecular formula is C17H29NO5. The first-order chi connectivity index (χ1) is 11.1. The average molecular weight is 327 g/mol. The van der Waals surface area contributed by atoms with Crippen molar-refractivity contribution in [3.8, 4) is 5.75 Å². The van der Waals surface area contributed by atoms with Gasteiger partial charge in [0.25, 0.3) is 0 Å². The molecule has 1 atom stereocenters. The van der Waals surface area contributed by atoms with Crippen molar-refractivity contribution in [2.45, 2.75) is 20.0 Å². The largest absolute Gasteiger partial charge is 0.491 e. The molecule has 0 fully saturated rings. The molecule has 132 valence electrons. The molecule has 3 N–H and O–H groups in total. The van der Waals surface area contributed by atoms with E-state index >= 15 is 0 Å². The number of nitrogens with zero attached hydrogens (tertiary/aromatic N) is 1. The molecule has 6 nitrogen and oxygen atoms in total. The summed E-state index contributed by atoms with van der Waals surface area (Å²) in [4.78, 5) is 1.79. The fourth-order valence-electron chi connectivity index (χ4n) is 2.17. The predicted octanol–water partition coefficient (Wildman–Crippen LogP) is 0.346. The summed E-state index contributed by atoms with van der Waals surface area (Å²) in [6.45, 7) is 6.31. The fraction of sp³-hybridized carbons (Fsp3) is 0.647. The van der Waals surface area contributed by atoms with Crippen LogP contribution < -0.4 is 4.74 Å². The molecule has 0 unspecified atom stereocenters. The molecule has 1 rings (SSSR count). The summed E-state index contributed by atoms with van der Waals surface area (Å²) in [5.74, 6) is 0.814. The summed E-state index contributed by atoms with van der Waals surface area (Å²) < 4.78 is 11.0. The highest BCUT2D eigenvalue weighted by Gasteiger charge is 2.11. The van der Waals surface area contributed by atoms with E-state index in [9.17, 15) is 5.11 Å². The van der Waals surface area contributed by atoms with Crippen LogP contribution in [-0.2, 0) is 4.74 Å². The minimum Gasteiger partial charge on any atom is -0.491 e. The zero-order valence-corrected chi connectivity index (χ0v) is 14.1. The van der Waals surface area contributed by atoms with Crippen LogP contribution in [0.25, 0.3) is 0 Å². The Balaban J connectivity index is 2.17. The third-order valence-corrected chi connectivity index (χ3v) is 3.59. The molecule has 0 aliphatic heterocycles. The third kappa shape index (κ3) is 8.29. The lowest BCUT2D eigenvalue weighted by Gasteiger charge is -2.23. The van der Waals surface area contributed by atoms with Crippen LogP contribution in [0.4, 0.5) is 0 Å². The third-order valence-electron chi connectivity index (χ3n) is 3.59. The molecule has 0 saturated heterocycles. The van der Waals surface area contributed by atoms with Gasteiger partial charge in [0, 0.05) is 19.6 Å². The van der Waals surface area contributed by atoms with E-state index in [0.29, 0.717) is 32.8 Å². The van der Waals surface area contributed by atoms with Gasteiger partial charge in [0.1, 0.15) is 12.4 Å². The molecule has 0 amide bonds. The monoisotopic (exact) mass is 327 g/mol. The fourth-order valence-corrected chi connectivity index (χ4v) is 2.17. The van der Waals surface area contributed by atoms with Crippen LogP contribution in [0.1, 0.15) is 11.1 Å². The molecule has 0 saturated carbocycles. The number of benzene rings is 1. The molecular weight excluding hydrogens is 298 g/mol. The molecule has 0 aliphatic carbocycles. The molecule has 0 bridgehead atoms. The SMILES string of the molecule is Cc1ccc(OCCOC[C@@H](O)CN(CCO)CCO)cc1C. The van der Waals surface area contributed by atoms with E-state index in [0.717, 1.165) is 5.75 Å². The van der Waals surface area contributed by atoms with Crippen LogP contribution in [0.5, 0.6) is 5.75 Å². The first-order valence-corrected chi connectivity index (χ1v) is 7.96. The maximum atomic E-state index is 9.89. The zero-order valence-electron chi connectivity index (χ0n) is 14.1. The summed E-state index contributed by atoms with van der Waals surface area (Å²) in [5, 5.41) is 27.7. The van der Waals surface area contributed by atoms with Crippen LogP contribution >= 0.6 is 0 Å². The molecule has 6 heteroatoms. The van der Waals surface area contributed by atoms with Crippen molar-refractivity contribution in [2.75, 3.05) is 52.7 Å². The van der Waals surface area contributed by atoms with E-state index in [4.69, 9.17) is 19.7 Å². The van der Waals surface area contributed by atoms with Crippen molar-refractivity contribution in [1.29, 1.82) is 0 Å². The maximum absolute atomic E-state index is 9.89. The maximum Gasteiger partial charge on any atom is 0.119 e. The Morgan fingerprint density at radius 1 is 1.04 bits per heavy atom. The van der Waals surface area contributed by atoms with Crippen molar-refractivity contribution >= 4 is 0 Å². The summed E-state index contributed by atoms with van der Waals surface area (Å²) in [6.07, 6.45) is -0.658. The Morgan fingerprint density at radius 3 is 2.35 bits per heavy atom. The molecule has 0 heterocycles. The van der Waals surface area contributed by atoms with E-state index in [2.05, 4.69) is 6.92 Å². The Hall–Kier alpha value is -1.18. The quantitative estimate of drug-likeness (QED) is 0.481. The van der Waals surface area contributed by atoms with E-state index in [1.165, 1.54) is 11.1 Å². The van der Waals surface area contributed by atoms with Gasteiger partial charge in [0.05, 0.1) is 32.5 Å². The van der Waals surface area contributed by atoms with Crippen LogP contribution in [0.15, 0.2) is 18.2 Å². The standard InChI is InChI=1S/C17H29NO5/c1-14-3-4-17(11-15(14)2)23-10-9-22-13-16(21)12-18(5-7-19)6-8-20/h3-4,11,16,19-21H,5-10,12-13H2,1-2H3/t16-/m0/s1. The Labute approximate surface area is 138 Å². The van der Waals surface area contributed by atoms with Crippen LogP contribution in [0.2, 0.25) is 0 Å². The van der Waals surface area contributed by atoms with Gasteiger partial charge in [-0.15, -0.1) is 0 Å². The first kappa shape index (κ1) is 19.9. The van der Waals surface area contributed by atoms with Crippen LogP contribution in [0.3, 0.4) is 0 Å². The molecule has 0 aromatic heterocycles.